The zero-order valence-electron chi connectivity index (χ0n) is 30.8. The van der Waals surface area contributed by atoms with Crippen LogP contribution < -0.4 is 10.1 Å². The average molecular weight is 797 g/mol. The van der Waals surface area contributed by atoms with Gasteiger partial charge in [-0.05, 0) is 53.6 Å². The highest BCUT2D eigenvalue weighted by Gasteiger charge is 2.29. The summed E-state index contributed by atoms with van der Waals surface area (Å²) in [5.74, 6) is 1.91. The van der Waals surface area contributed by atoms with Crippen molar-refractivity contribution in [3.05, 3.63) is 105 Å². The molecule has 55 heavy (non-hydrogen) atoms. The number of unbranched alkanes of at least 4 members (excludes halogenated alkanes) is 2. The summed E-state index contributed by atoms with van der Waals surface area (Å²) in [6.45, 7) is 5.07. The second kappa shape index (κ2) is 21.8. The van der Waals surface area contributed by atoms with E-state index in [0.717, 1.165) is 42.7 Å². The van der Waals surface area contributed by atoms with Gasteiger partial charge in [-0.25, -0.2) is 9.79 Å². The summed E-state index contributed by atoms with van der Waals surface area (Å²) in [4.78, 5) is 16.5. The molecule has 1 aromatic heterocycles. The van der Waals surface area contributed by atoms with Gasteiger partial charge in [-0.1, -0.05) is 76.9 Å². The molecule has 1 N–H and O–H groups in total. The van der Waals surface area contributed by atoms with Crippen molar-refractivity contribution in [3.63, 3.8) is 0 Å². The molecule has 0 saturated carbocycles. The maximum absolute atomic E-state index is 12.2. The number of hydrogen-bond donors (Lipinski definition) is 1. The van der Waals surface area contributed by atoms with E-state index in [2.05, 4.69) is 39.7 Å². The highest BCUT2D eigenvalue weighted by molar-refractivity contribution is 6.37. The number of amides is 1. The van der Waals surface area contributed by atoms with Gasteiger partial charge in [0.1, 0.15) is 25.7 Å². The summed E-state index contributed by atoms with van der Waals surface area (Å²) in [6, 6.07) is 22.0. The maximum atomic E-state index is 12.2. The van der Waals surface area contributed by atoms with Gasteiger partial charge in [0.05, 0.1) is 75.1 Å². The number of rotatable bonds is 24. The number of nitrogens with zero attached hydrogens (tertiary/aromatic N) is 2. The molecule has 6 rings (SSSR count). The van der Waals surface area contributed by atoms with Crippen molar-refractivity contribution >= 4 is 35.2 Å². The number of alkyl carbamates (subject to hydrolysis) is 1. The van der Waals surface area contributed by atoms with Crippen molar-refractivity contribution in [2.45, 2.75) is 38.0 Å². The van der Waals surface area contributed by atoms with Crippen LogP contribution in [-0.4, -0.2) is 96.5 Å². The van der Waals surface area contributed by atoms with Gasteiger partial charge in [0.25, 0.3) is 0 Å². The summed E-state index contributed by atoms with van der Waals surface area (Å²) in [5.41, 5.74) is 6.34. The van der Waals surface area contributed by atoms with E-state index in [9.17, 15) is 4.79 Å². The van der Waals surface area contributed by atoms with Crippen molar-refractivity contribution in [1.29, 1.82) is 0 Å². The van der Waals surface area contributed by atoms with Crippen LogP contribution in [0.3, 0.4) is 0 Å². The van der Waals surface area contributed by atoms with Gasteiger partial charge in [-0.2, -0.15) is 0 Å². The first kappa shape index (κ1) is 40.5. The summed E-state index contributed by atoms with van der Waals surface area (Å²) in [5, 5.41) is 7.66. The lowest BCUT2D eigenvalue weighted by molar-refractivity contribution is -0.00368. The van der Waals surface area contributed by atoms with E-state index in [1.165, 1.54) is 22.3 Å². The van der Waals surface area contributed by atoms with Crippen molar-refractivity contribution < 1.29 is 42.5 Å². The molecule has 12 nitrogen and oxygen atoms in total. The highest BCUT2D eigenvalue weighted by atomic mass is 35.5. The number of aliphatic imine (C=N–C) groups is 1. The Morgan fingerprint density at radius 2 is 1.42 bits per heavy atom. The molecule has 1 aliphatic heterocycles. The molecule has 0 unspecified atom stereocenters. The molecule has 2 aliphatic rings. The minimum Gasteiger partial charge on any atom is -0.490 e. The fourth-order valence-electron chi connectivity index (χ4n) is 6.34. The SMILES string of the molecule is O=C(NCOCCOCCOCCOCCc1cc(CCCCCOc2c(Cl)cc(C3=NCCO3)cc2Cl)on1)OCC1c2ccccc2-c2ccccc21. The summed E-state index contributed by atoms with van der Waals surface area (Å²) < 4.78 is 44.5. The standard InChI is InChI=1S/C41H47Cl2N3O9/c42-37-24-29(40-44-14-17-53-40)25-38(43)39(37)52-15-7-1-2-8-31-26-30(46-55-31)13-16-48-18-19-49-20-21-50-22-23-51-28-45-41(47)54-27-36-34-11-5-3-9-32(34)33-10-4-6-12-35(33)36/h3-6,9-12,24-26,36H,1-2,7-8,13-23,27-28H2,(H,45,47). The number of benzene rings is 3. The van der Waals surface area contributed by atoms with Crippen LogP contribution in [0.15, 0.2) is 76.2 Å². The molecule has 1 aliphatic carbocycles. The van der Waals surface area contributed by atoms with Gasteiger partial charge in [-0.3, -0.25) is 5.32 Å². The molecule has 3 aromatic carbocycles. The number of carbonyl (C=O) groups excluding carboxylic acids is 1. The lowest BCUT2D eigenvalue weighted by atomic mass is 9.98. The van der Waals surface area contributed by atoms with Crippen LogP contribution in [0.25, 0.3) is 11.1 Å². The van der Waals surface area contributed by atoms with Crippen LogP contribution in [0.1, 0.15) is 53.3 Å². The number of fused-ring (bicyclic) bond motifs is 3. The van der Waals surface area contributed by atoms with Crippen molar-refractivity contribution in [3.8, 4) is 16.9 Å². The largest absolute Gasteiger partial charge is 0.490 e. The Morgan fingerprint density at radius 1 is 0.764 bits per heavy atom. The van der Waals surface area contributed by atoms with Crippen LogP contribution in [0.4, 0.5) is 4.79 Å². The Balaban J connectivity index is 0.705. The van der Waals surface area contributed by atoms with Gasteiger partial charge in [0.2, 0.25) is 5.90 Å². The summed E-state index contributed by atoms with van der Waals surface area (Å²) >= 11 is 12.8. The molecule has 4 aromatic rings. The van der Waals surface area contributed by atoms with E-state index in [1.54, 1.807) is 12.1 Å². The Morgan fingerprint density at radius 3 is 2.09 bits per heavy atom. The molecular weight excluding hydrogens is 749 g/mol. The van der Waals surface area contributed by atoms with E-state index in [1.807, 2.05) is 30.3 Å². The predicted molar refractivity (Wildman–Crippen MR) is 209 cm³/mol. The van der Waals surface area contributed by atoms with Gasteiger partial charge in [-0.15, -0.1) is 0 Å². The Kier molecular flexibility index (Phi) is 16.0. The second-order valence-electron chi connectivity index (χ2n) is 12.9. The molecule has 0 bridgehead atoms. The Bertz CT molecular complexity index is 1780. The summed E-state index contributed by atoms with van der Waals surface area (Å²) in [7, 11) is 0. The number of hydrogen-bond acceptors (Lipinski definition) is 11. The molecule has 14 heteroatoms. The molecule has 0 saturated heterocycles. The topological polar surface area (TPSA) is 132 Å². The second-order valence-corrected chi connectivity index (χ2v) is 13.7. The Hall–Kier alpha value is -4.17. The lowest BCUT2D eigenvalue weighted by Crippen LogP contribution is -2.29. The smallest absolute Gasteiger partial charge is 0.408 e. The zero-order valence-corrected chi connectivity index (χ0v) is 32.3. The minimum absolute atomic E-state index is 0.0160. The fraction of sp³-hybridized carbons (Fsp3) is 0.439. The van der Waals surface area contributed by atoms with Crippen LogP contribution in [0, 0.1) is 0 Å². The number of ether oxygens (including phenoxy) is 7. The monoisotopic (exact) mass is 795 g/mol. The maximum Gasteiger partial charge on any atom is 0.408 e. The molecule has 1 amide bonds. The van der Waals surface area contributed by atoms with Crippen molar-refractivity contribution in [2.75, 3.05) is 79.3 Å². The first-order chi connectivity index (χ1) is 27.1. The molecule has 0 atom stereocenters. The average Bonchev–Trinajstić information content (AvgIpc) is 3.97. The summed E-state index contributed by atoms with van der Waals surface area (Å²) in [6.07, 6.45) is 3.70. The number of nitrogens with one attached hydrogen (secondary N) is 1. The van der Waals surface area contributed by atoms with Gasteiger partial charge >= 0.3 is 6.09 Å². The quantitative estimate of drug-likeness (QED) is 0.0557. The van der Waals surface area contributed by atoms with E-state index in [0.29, 0.717) is 94.1 Å². The number of aromatic nitrogens is 1. The minimum atomic E-state index is -0.516. The van der Waals surface area contributed by atoms with Gasteiger partial charge < -0.3 is 37.7 Å². The molecule has 0 spiro atoms. The first-order valence-corrected chi connectivity index (χ1v) is 19.5. The van der Waals surface area contributed by atoms with Crippen LogP contribution in [0.2, 0.25) is 10.0 Å². The Labute approximate surface area is 331 Å². The molecule has 0 radical (unpaired) electrons. The van der Waals surface area contributed by atoms with Gasteiger partial charge in [0, 0.05) is 30.4 Å². The highest BCUT2D eigenvalue weighted by Crippen LogP contribution is 2.44. The zero-order chi connectivity index (χ0) is 38.1. The fourth-order valence-corrected chi connectivity index (χ4v) is 6.94. The number of aryl methyl sites for hydroxylation is 1. The first-order valence-electron chi connectivity index (χ1n) is 18.7. The van der Waals surface area contributed by atoms with E-state index in [4.69, 9.17) is 60.9 Å². The van der Waals surface area contributed by atoms with Crippen molar-refractivity contribution in [1.82, 2.24) is 10.5 Å². The van der Waals surface area contributed by atoms with Crippen LogP contribution in [-0.2, 0) is 41.3 Å². The predicted octanol–water partition coefficient (Wildman–Crippen LogP) is 7.66. The van der Waals surface area contributed by atoms with Crippen molar-refractivity contribution in [2.24, 2.45) is 4.99 Å². The molecule has 294 valence electrons. The van der Waals surface area contributed by atoms with Crippen LogP contribution in [0.5, 0.6) is 5.75 Å². The van der Waals surface area contributed by atoms with Crippen LogP contribution >= 0.6 is 23.2 Å². The normalized spacial score (nSPS) is 13.3. The number of halogens is 2. The van der Waals surface area contributed by atoms with E-state index in [-0.39, 0.29) is 19.3 Å². The third-order valence-corrected chi connectivity index (χ3v) is 9.59. The molecule has 0 fully saturated rings. The molecular formula is C41H47Cl2N3O9. The van der Waals surface area contributed by atoms with E-state index < -0.39 is 6.09 Å². The van der Waals surface area contributed by atoms with E-state index >= 15 is 0 Å². The molecule has 2 heterocycles. The van der Waals surface area contributed by atoms with Gasteiger partial charge in [0.15, 0.2) is 5.75 Å². The number of carbonyl (C=O) groups is 1. The third kappa shape index (κ3) is 12.2. The third-order valence-electron chi connectivity index (χ3n) is 9.03. The lowest BCUT2D eigenvalue weighted by Gasteiger charge is -2.14.